The molecule has 1 heterocycles. The van der Waals surface area contributed by atoms with Gasteiger partial charge in [0.25, 0.3) is 5.91 Å². The molecule has 1 aromatic heterocycles. The van der Waals surface area contributed by atoms with E-state index in [1.54, 1.807) is 29.5 Å². The van der Waals surface area contributed by atoms with Crippen molar-refractivity contribution in [1.29, 1.82) is 0 Å². The zero-order valence-electron chi connectivity index (χ0n) is 11.3. The van der Waals surface area contributed by atoms with Crippen LogP contribution in [-0.4, -0.2) is 5.91 Å². The number of benzene rings is 1. The Morgan fingerprint density at radius 2 is 2.20 bits per heavy atom. The summed E-state index contributed by atoms with van der Waals surface area (Å²) in [6.07, 6.45) is 3.11. The molecule has 1 aliphatic rings. The molecule has 0 saturated heterocycles. The predicted molar refractivity (Wildman–Crippen MR) is 79.9 cm³/mol. The molecule has 2 aromatic rings. The average Bonchev–Trinajstić information content (AvgIpc) is 2.84. The van der Waals surface area contributed by atoms with Gasteiger partial charge in [0.1, 0.15) is 5.82 Å². The number of carbonyl (C=O) groups is 1. The van der Waals surface area contributed by atoms with Gasteiger partial charge in [0.15, 0.2) is 0 Å². The Morgan fingerprint density at radius 1 is 1.40 bits per heavy atom. The highest BCUT2D eigenvalue weighted by Crippen LogP contribution is 2.33. The summed E-state index contributed by atoms with van der Waals surface area (Å²) in [6, 6.07) is 6.25. The Morgan fingerprint density at radius 3 is 3.00 bits per heavy atom. The zero-order valence-corrected chi connectivity index (χ0v) is 12.1. The van der Waals surface area contributed by atoms with Crippen molar-refractivity contribution < 1.29 is 9.18 Å². The molecule has 0 aliphatic heterocycles. The normalized spacial score (nSPS) is 17.6. The SMILES string of the molecule is CC1CCc2c(C(=O)Nc3ccccc3F)csc2C1. The molecule has 0 radical (unpaired) electrons. The molecular weight excluding hydrogens is 273 g/mol. The largest absolute Gasteiger partial charge is 0.319 e. The molecular formula is C16H16FNOS. The Hall–Kier alpha value is -1.68. The van der Waals surface area contributed by atoms with E-state index in [0.717, 1.165) is 24.8 Å². The number of rotatable bonds is 2. The maximum absolute atomic E-state index is 13.6. The minimum absolute atomic E-state index is 0.206. The van der Waals surface area contributed by atoms with Crippen LogP contribution in [0.4, 0.5) is 10.1 Å². The van der Waals surface area contributed by atoms with Crippen LogP contribution in [0.25, 0.3) is 0 Å². The molecule has 0 fully saturated rings. The molecule has 104 valence electrons. The summed E-state index contributed by atoms with van der Waals surface area (Å²) in [6.45, 7) is 2.24. The molecule has 0 bridgehead atoms. The quantitative estimate of drug-likeness (QED) is 0.879. The van der Waals surface area contributed by atoms with Gasteiger partial charge in [-0.1, -0.05) is 19.1 Å². The summed E-state index contributed by atoms with van der Waals surface area (Å²) in [5, 5.41) is 4.57. The molecule has 1 atom stereocenters. The van der Waals surface area contributed by atoms with Crippen molar-refractivity contribution in [3.05, 3.63) is 51.5 Å². The van der Waals surface area contributed by atoms with E-state index in [9.17, 15) is 9.18 Å². The molecule has 4 heteroatoms. The third-order valence-corrected chi connectivity index (χ3v) is 4.82. The first kappa shape index (κ1) is 13.3. The van der Waals surface area contributed by atoms with Crippen molar-refractivity contribution in [3.8, 4) is 0 Å². The second kappa shape index (κ2) is 5.37. The molecule has 1 amide bonds. The Kier molecular flexibility index (Phi) is 3.57. The first-order valence-corrected chi connectivity index (χ1v) is 7.68. The van der Waals surface area contributed by atoms with Crippen LogP contribution in [0.1, 0.15) is 34.1 Å². The molecule has 1 N–H and O–H groups in total. The van der Waals surface area contributed by atoms with Crippen LogP contribution in [0, 0.1) is 11.7 Å². The summed E-state index contributed by atoms with van der Waals surface area (Å²) in [5.74, 6) is 0.0735. The maximum Gasteiger partial charge on any atom is 0.256 e. The highest BCUT2D eigenvalue weighted by molar-refractivity contribution is 7.10. The summed E-state index contributed by atoms with van der Waals surface area (Å²) < 4.78 is 13.6. The number of para-hydroxylation sites is 1. The standard InChI is InChI=1S/C16H16FNOS/c1-10-6-7-11-12(9-20-15(11)8-10)16(19)18-14-5-3-2-4-13(14)17/h2-5,9-10H,6-8H2,1H3,(H,18,19). The number of anilines is 1. The Bertz CT molecular complexity index is 650. The van der Waals surface area contributed by atoms with E-state index >= 15 is 0 Å². The van der Waals surface area contributed by atoms with E-state index in [0.29, 0.717) is 11.5 Å². The fourth-order valence-electron chi connectivity index (χ4n) is 2.62. The fourth-order valence-corrected chi connectivity index (χ4v) is 3.86. The minimum atomic E-state index is -0.404. The van der Waals surface area contributed by atoms with Gasteiger partial charge in [0.2, 0.25) is 0 Å². The highest BCUT2D eigenvalue weighted by atomic mass is 32.1. The molecule has 1 unspecified atom stereocenters. The van der Waals surface area contributed by atoms with Crippen LogP contribution in [0.2, 0.25) is 0 Å². The first-order chi connectivity index (χ1) is 9.65. The summed E-state index contributed by atoms with van der Waals surface area (Å²) in [7, 11) is 0. The highest BCUT2D eigenvalue weighted by Gasteiger charge is 2.23. The van der Waals surface area contributed by atoms with Crippen molar-refractivity contribution in [2.75, 3.05) is 5.32 Å². The smallest absolute Gasteiger partial charge is 0.256 e. The fraction of sp³-hybridized carbons (Fsp3) is 0.312. The van der Waals surface area contributed by atoms with Gasteiger partial charge < -0.3 is 5.32 Å². The maximum atomic E-state index is 13.6. The number of carbonyl (C=O) groups excluding carboxylic acids is 1. The predicted octanol–water partition coefficient (Wildman–Crippen LogP) is 4.26. The molecule has 20 heavy (non-hydrogen) atoms. The van der Waals surface area contributed by atoms with Gasteiger partial charge in [-0.3, -0.25) is 4.79 Å². The van der Waals surface area contributed by atoms with E-state index < -0.39 is 5.82 Å². The number of hydrogen-bond donors (Lipinski definition) is 1. The number of thiophene rings is 1. The second-order valence-corrected chi connectivity index (χ2v) is 6.30. The lowest BCUT2D eigenvalue weighted by Gasteiger charge is -2.18. The third kappa shape index (κ3) is 2.48. The average molecular weight is 289 g/mol. The zero-order chi connectivity index (χ0) is 14.1. The molecule has 0 spiro atoms. The lowest BCUT2D eigenvalue weighted by molar-refractivity contribution is 0.102. The van der Waals surface area contributed by atoms with E-state index in [-0.39, 0.29) is 11.6 Å². The lowest BCUT2D eigenvalue weighted by Crippen LogP contribution is -2.17. The lowest BCUT2D eigenvalue weighted by atomic mass is 9.88. The number of nitrogens with one attached hydrogen (secondary N) is 1. The van der Waals surface area contributed by atoms with Crippen molar-refractivity contribution in [2.45, 2.75) is 26.2 Å². The van der Waals surface area contributed by atoms with Gasteiger partial charge in [-0.2, -0.15) is 0 Å². The van der Waals surface area contributed by atoms with Crippen molar-refractivity contribution in [2.24, 2.45) is 5.92 Å². The van der Waals surface area contributed by atoms with Gasteiger partial charge in [0.05, 0.1) is 11.3 Å². The number of halogens is 1. The molecule has 1 aromatic carbocycles. The van der Waals surface area contributed by atoms with Crippen LogP contribution in [0.15, 0.2) is 29.6 Å². The van der Waals surface area contributed by atoms with Crippen molar-refractivity contribution in [3.63, 3.8) is 0 Å². The van der Waals surface area contributed by atoms with Crippen LogP contribution in [0.3, 0.4) is 0 Å². The van der Waals surface area contributed by atoms with Crippen molar-refractivity contribution >= 4 is 22.9 Å². The van der Waals surface area contributed by atoms with E-state index in [2.05, 4.69) is 12.2 Å². The van der Waals surface area contributed by atoms with Gasteiger partial charge in [-0.15, -0.1) is 11.3 Å². The molecule has 0 saturated carbocycles. The number of hydrogen-bond acceptors (Lipinski definition) is 2. The van der Waals surface area contributed by atoms with Crippen LogP contribution >= 0.6 is 11.3 Å². The summed E-state index contributed by atoms with van der Waals surface area (Å²) >= 11 is 1.64. The number of fused-ring (bicyclic) bond motifs is 1. The van der Waals surface area contributed by atoms with E-state index in [1.165, 1.54) is 10.9 Å². The molecule has 2 nitrogen and oxygen atoms in total. The Balaban J connectivity index is 1.84. The van der Waals surface area contributed by atoms with Crippen LogP contribution in [0.5, 0.6) is 0 Å². The number of amides is 1. The third-order valence-electron chi connectivity index (χ3n) is 3.77. The van der Waals surface area contributed by atoms with Crippen molar-refractivity contribution in [1.82, 2.24) is 0 Å². The minimum Gasteiger partial charge on any atom is -0.319 e. The monoisotopic (exact) mass is 289 g/mol. The van der Waals surface area contributed by atoms with Gasteiger partial charge in [-0.05, 0) is 42.9 Å². The summed E-state index contributed by atoms with van der Waals surface area (Å²) in [5.41, 5.74) is 2.10. The first-order valence-electron chi connectivity index (χ1n) is 6.80. The van der Waals surface area contributed by atoms with Crippen LogP contribution < -0.4 is 5.32 Å². The van der Waals surface area contributed by atoms with Gasteiger partial charge >= 0.3 is 0 Å². The van der Waals surface area contributed by atoms with E-state index in [1.807, 2.05) is 5.38 Å². The molecule has 3 rings (SSSR count). The second-order valence-electron chi connectivity index (χ2n) is 5.33. The topological polar surface area (TPSA) is 29.1 Å². The van der Waals surface area contributed by atoms with Crippen LogP contribution in [-0.2, 0) is 12.8 Å². The Labute approximate surface area is 121 Å². The van der Waals surface area contributed by atoms with Gasteiger partial charge in [-0.25, -0.2) is 4.39 Å². The summed E-state index contributed by atoms with van der Waals surface area (Å²) in [4.78, 5) is 13.6. The van der Waals surface area contributed by atoms with E-state index in [4.69, 9.17) is 0 Å². The molecule has 1 aliphatic carbocycles. The van der Waals surface area contributed by atoms with Gasteiger partial charge in [0, 0.05) is 10.3 Å².